The van der Waals surface area contributed by atoms with Crippen LogP contribution in [-0.4, -0.2) is 19.8 Å². The number of nitrogens with zero attached hydrogens (tertiary/aromatic N) is 3. The summed E-state index contributed by atoms with van der Waals surface area (Å²) in [7, 11) is 0. The van der Waals surface area contributed by atoms with Gasteiger partial charge >= 0.3 is 5.76 Å². The van der Waals surface area contributed by atoms with Crippen molar-refractivity contribution >= 4 is 28.6 Å². The molecule has 1 unspecified atom stereocenters. The molecule has 1 atom stereocenters. The molecule has 8 nitrogen and oxygen atoms in total. The number of hydrogen-bond acceptors (Lipinski definition) is 7. The van der Waals surface area contributed by atoms with Gasteiger partial charge < -0.3 is 14.8 Å². The van der Waals surface area contributed by atoms with Gasteiger partial charge in [-0.3, -0.25) is 5.43 Å². The van der Waals surface area contributed by atoms with Crippen molar-refractivity contribution in [3.63, 3.8) is 0 Å². The van der Waals surface area contributed by atoms with Crippen molar-refractivity contribution in [2.24, 2.45) is 0 Å². The van der Waals surface area contributed by atoms with E-state index in [4.69, 9.17) is 4.42 Å². The van der Waals surface area contributed by atoms with Gasteiger partial charge in [-0.2, -0.15) is 9.66 Å². The number of hydrogen-bond donors (Lipinski definition) is 3. The summed E-state index contributed by atoms with van der Waals surface area (Å²) in [6.45, 7) is 3.36. The SMILES string of the molecule is Cc1cnc(Nc2cc(C(C)O)ccc2F)nc1Nn1c(=O)oc2ccccc21. The van der Waals surface area contributed by atoms with Crippen LogP contribution in [0.25, 0.3) is 11.1 Å². The van der Waals surface area contributed by atoms with E-state index in [-0.39, 0.29) is 11.6 Å². The van der Waals surface area contributed by atoms with Crippen LogP contribution in [0.4, 0.5) is 21.8 Å². The maximum Gasteiger partial charge on any atom is 0.439 e. The van der Waals surface area contributed by atoms with Gasteiger partial charge in [0.25, 0.3) is 0 Å². The van der Waals surface area contributed by atoms with Gasteiger partial charge in [-0.1, -0.05) is 18.2 Å². The Kier molecular flexibility index (Phi) is 4.73. The first kappa shape index (κ1) is 18.6. The molecule has 2 heterocycles. The topological polar surface area (TPSA) is 105 Å². The van der Waals surface area contributed by atoms with Crippen molar-refractivity contribution in [2.75, 3.05) is 10.7 Å². The molecular weight excluding hydrogens is 377 g/mol. The fourth-order valence-corrected chi connectivity index (χ4v) is 2.81. The minimum atomic E-state index is -0.742. The van der Waals surface area contributed by atoms with Gasteiger partial charge in [0.15, 0.2) is 11.4 Å². The molecule has 4 rings (SSSR count). The monoisotopic (exact) mass is 395 g/mol. The smallest absolute Gasteiger partial charge is 0.406 e. The van der Waals surface area contributed by atoms with Crippen LogP contribution in [0.5, 0.6) is 0 Å². The van der Waals surface area contributed by atoms with Crippen molar-refractivity contribution in [2.45, 2.75) is 20.0 Å². The Bertz CT molecular complexity index is 1250. The Morgan fingerprint density at radius 1 is 1.24 bits per heavy atom. The number of anilines is 3. The molecule has 0 aliphatic heterocycles. The largest absolute Gasteiger partial charge is 0.439 e. The zero-order valence-electron chi connectivity index (χ0n) is 15.7. The normalized spacial score (nSPS) is 12.1. The lowest BCUT2D eigenvalue weighted by molar-refractivity contribution is 0.199. The van der Waals surface area contributed by atoms with Crippen molar-refractivity contribution in [1.82, 2.24) is 14.6 Å². The first-order valence-electron chi connectivity index (χ1n) is 8.88. The number of rotatable bonds is 5. The summed E-state index contributed by atoms with van der Waals surface area (Å²) in [5.74, 6) is -0.622. The number of aryl methyl sites for hydroxylation is 1. The third-order valence-electron chi connectivity index (χ3n) is 4.39. The van der Waals surface area contributed by atoms with Gasteiger partial charge in [0.1, 0.15) is 11.3 Å². The molecule has 0 bridgehead atoms. The summed E-state index contributed by atoms with van der Waals surface area (Å²) < 4.78 is 20.6. The first-order valence-corrected chi connectivity index (χ1v) is 8.88. The van der Waals surface area contributed by atoms with Crippen LogP contribution >= 0.6 is 0 Å². The number of nitrogens with one attached hydrogen (secondary N) is 2. The van der Waals surface area contributed by atoms with Crippen LogP contribution in [0.15, 0.2) is 57.9 Å². The molecule has 2 aromatic heterocycles. The van der Waals surface area contributed by atoms with Crippen LogP contribution < -0.4 is 16.5 Å². The van der Waals surface area contributed by atoms with Gasteiger partial charge in [-0.15, -0.1) is 0 Å². The number of para-hydroxylation sites is 2. The molecule has 29 heavy (non-hydrogen) atoms. The number of aromatic nitrogens is 3. The summed E-state index contributed by atoms with van der Waals surface area (Å²) in [5, 5.41) is 12.5. The fraction of sp³-hybridized carbons (Fsp3) is 0.150. The average molecular weight is 395 g/mol. The highest BCUT2D eigenvalue weighted by Crippen LogP contribution is 2.24. The Labute approximate surface area is 164 Å². The van der Waals surface area contributed by atoms with E-state index in [1.54, 1.807) is 44.3 Å². The fourth-order valence-electron chi connectivity index (χ4n) is 2.81. The van der Waals surface area contributed by atoms with Crippen molar-refractivity contribution < 1.29 is 13.9 Å². The molecule has 0 saturated carbocycles. The molecule has 2 aromatic carbocycles. The summed E-state index contributed by atoms with van der Waals surface area (Å²) in [6.07, 6.45) is 0.801. The van der Waals surface area contributed by atoms with Crippen LogP contribution in [0, 0.1) is 12.7 Å². The maximum absolute atomic E-state index is 14.2. The van der Waals surface area contributed by atoms with Crippen LogP contribution in [0.2, 0.25) is 0 Å². The standard InChI is InChI=1S/C20H18FN5O3/c1-11-10-22-19(23-15-9-13(12(2)27)7-8-14(15)21)24-18(11)25-26-16-5-3-4-6-17(16)29-20(26)28/h3-10,12,27H,1-2H3,(H2,22,23,24,25). The van der Waals surface area contributed by atoms with Gasteiger partial charge in [0, 0.05) is 11.8 Å². The Hall–Kier alpha value is -3.72. The van der Waals surface area contributed by atoms with E-state index in [9.17, 15) is 14.3 Å². The van der Waals surface area contributed by atoms with Crippen molar-refractivity contribution in [3.8, 4) is 0 Å². The van der Waals surface area contributed by atoms with E-state index in [1.165, 1.54) is 22.9 Å². The lowest BCUT2D eigenvalue weighted by atomic mass is 10.1. The van der Waals surface area contributed by atoms with E-state index in [2.05, 4.69) is 20.7 Å². The van der Waals surface area contributed by atoms with E-state index >= 15 is 0 Å². The second kappa shape index (κ2) is 7.36. The van der Waals surface area contributed by atoms with E-state index in [0.29, 0.717) is 28.0 Å². The third-order valence-corrected chi connectivity index (χ3v) is 4.39. The number of benzene rings is 2. The van der Waals surface area contributed by atoms with Gasteiger partial charge in [-0.25, -0.2) is 14.2 Å². The number of halogens is 1. The number of oxazole rings is 1. The average Bonchev–Trinajstić information content (AvgIpc) is 3.01. The Morgan fingerprint density at radius 2 is 2.03 bits per heavy atom. The summed E-state index contributed by atoms with van der Waals surface area (Å²) in [6, 6.07) is 11.2. The Morgan fingerprint density at radius 3 is 2.83 bits per heavy atom. The zero-order valence-corrected chi connectivity index (χ0v) is 15.7. The third kappa shape index (κ3) is 3.67. The molecule has 148 valence electrons. The first-order chi connectivity index (χ1) is 13.9. The lowest BCUT2D eigenvalue weighted by Gasteiger charge is -2.13. The highest BCUT2D eigenvalue weighted by molar-refractivity contribution is 5.73. The summed E-state index contributed by atoms with van der Waals surface area (Å²) in [5.41, 5.74) is 5.27. The van der Waals surface area contributed by atoms with Crippen LogP contribution in [0.3, 0.4) is 0 Å². The molecule has 0 aliphatic carbocycles. The quantitative estimate of drug-likeness (QED) is 0.475. The molecule has 0 saturated heterocycles. The Balaban J connectivity index is 1.67. The highest BCUT2D eigenvalue weighted by atomic mass is 19.1. The molecule has 0 spiro atoms. The number of aliphatic hydroxyl groups excluding tert-OH is 1. The summed E-state index contributed by atoms with van der Waals surface area (Å²) >= 11 is 0. The molecular formula is C20H18FN5O3. The van der Waals surface area contributed by atoms with Gasteiger partial charge in [-0.05, 0) is 43.7 Å². The molecule has 3 N–H and O–H groups in total. The molecule has 0 aliphatic rings. The van der Waals surface area contributed by atoms with Crippen molar-refractivity contribution in [1.29, 1.82) is 0 Å². The molecule has 4 aromatic rings. The van der Waals surface area contributed by atoms with E-state index < -0.39 is 17.7 Å². The highest BCUT2D eigenvalue weighted by Gasteiger charge is 2.13. The van der Waals surface area contributed by atoms with Crippen LogP contribution in [0.1, 0.15) is 24.2 Å². The van der Waals surface area contributed by atoms with Gasteiger partial charge in [0.05, 0.1) is 11.8 Å². The van der Waals surface area contributed by atoms with E-state index in [0.717, 1.165) is 0 Å². The summed E-state index contributed by atoms with van der Waals surface area (Å²) in [4.78, 5) is 20.7. The minimum Gasteiger partial charge on any atom is -0.406 e. The number of fused-ring (bicyclic) bond motifs is 1. The predicted octanol–water partition coefficient (Wildman–Crippen LogP) is 3.50. The molecule has 9 heteroatoms. The predicted molar refractivity (Wildman–Crippen MR) is 107 cm³/mol. The molecule has 0 fully saturated rings. The van der Waals surface area contributed by atoms with Gasteiger partial charge in [0.2, 0.25) is 5.95 Å². The molecule has 0 radical (unpaired) electrons. The van der Waals surface area contributed by atoms with E-state index in [1.807, 2.05) is 0 Å². The molecule has 0 amide bonds. The van der Waals surface area contributed by atoms with Crippen molar-refractivity contribution in [3.05, 3.63) is 76.2 Å². The minimum absolute atomic E-state index is 0.126. The second-order valence-corrected chi connectivity index (χ2v) is 6.55. The second-order valence-electron chi connectivity index (χ2n) is 6.55. The lowest BCUT2D eigenvalue weighted by Crippen LogP contribution is -2.23. The maximum atomic E-state index is 14.2. The number of aliphatic hydroxyl groups is 1. The van der Waals surface area contributed by atoms with Crippen LogP contribution in [-0.2, 0) is 0 Å². The zero-order chi connectivity index (χ0) is 20.5.